The Labute approximate surface area is 119 Å². The molecule has 0 saturated heterocycles. The first-order valence-electron chi connectivity index (χ1n) is 6.31. The summed E-state index contributed by atoms with van der Waals surface area (Å²) in [5.74, 6) is -0.481. The van der Waals surface area contributed by atoms with Crippen molar-refractivity contribution in [1.29, 1.82) is 0 Å². The quantitative estimate of drug-likeness (QED) is 0.447. The van der Waals surface area contributed by atoms with Gasteiger partial charge in [-0.05, 0) is 32.0 Å². The number of nitrogens with one attached hydrogen (secondary N) is 2. The average Bonchev–Trinajstić information content (AvgIpc) is 2.44. The van der Waals surface area contributed by atoms with Gasteiger partial charge in [0, 0.05) is 18.7 Å². The van der Waals surface area contributed by atoms with Crippen LogP contribution in [-0.4, -0.2) is 26.1 Å². The van der Waals surface area contributed by atoms with Gasteiger partial charge >= 0.3 is 0 Å². The molecule has 6 N–H and O–H groups in total. The minimum Gasteiger partial charge on any atom is -0.380 e. The molecule has 1 amide bonds. The molecule has 20 heavy (non-hydrogen) atoms. The van der Waals surface area contributed by atoms with Crippen molar-refractivity contribution in [3.05, 3.63) is 34.9 Å². The van der Waals surface area contributed by atoms with Gasteiger partial charge in [0.25, 0.3) is 0 Å². The van der Waals surface area contributed by atoms with Crippen LogP contribution in [0.2, 0.25) is 0 Å². The Hall–Kier alpha value is -2.05. The Bertz CT molecular complexity index is 512. The SMILES string of the molecule is CONc1cc(C(N)=O)ccc1NC/C(C)=C(\C)CN. The molecule has 0 bridgehead atoms. The molecule has 0 heterocycles. The standard InChI is InChI=1S/C14H22N4O2/c1-9(7-15)10(2)8-17-12-5-4-11(14(16)19)6-13(12)18-20-3/h4-6,17-18H,7-8,15H2,1-3H3,(H2,16,19)/b10-9+. The topological polar surface area (TPSA) is 102 Å². The lowest BCUT2D eigenvalue weighted by Crippen LogP contribution is -2.13. The highest BCUT2D eigenvalue weighted by atomic mass is 16.6. The fourth-order valence-electron chi connectivity index (χ4n) is 1.60. The highest BCUT2D eigenvalue weighted by Gasteiger charge is 2.07. The summed E-state index contributed by atoms with van der Waals surface area (Å²) in [6.07, 6.45) is 0. The van der Waals surface area contributed by atoms with Crippen LogP contribution >= 0.6 is 0 Å². The second kappa shape index (κ2) is 7.52. The first kappa shape index (κ1) is 16.0. The lowest BCUT2D eigenvalue weighted by Gasteiger charge is -2.14. The van der Waals surface area contributed by atoms with Crippen molar-refractivity contribution in [2.45, 2.75) is 13.8 Å². The van der Waals surface area contributed by atoms with Gasteiger partial charge in [-0.15, -0.1) is 0 Å². The smallest absolute Gasteiger partial charge is 0.248 e. The number of nitrogens with two attached hydrogens (primary N) is 2. The summed E-state index contributed by atoms with van der Waals surface area (Å²) in [5.41, 5.74) is 17.8. The Morgan fingerprint density at radius 1 is 1.25 bits per heavy atom. The lowest BCUT2D eigenvalue weighted by molar-refractivity contribution is 0.100. The third kappa shape index (κ3) is 4.25. The summed E-state index contributed by atoms with van der Waals surface area (Å²) in [5, 5.41) is 3.27. The Kier molecular flexibility index (Phi) is 6.02. The van der Waals surface area contributed by atoms with Crippen molar-refractivity contribution >= 4 is 17.3 Å². The van der Waals surface area contributed by atoms with Gasteiger partial charge in [-0.3, -0.25) is 15.1 Å². The van der Waals surface area contributed by atoms with E-state index >= 15 is 0 Å². The largest absolute Gasteiger partial charge is 0.380 e. The summed E-state index contributed by atoms with van der Waals surface area (Å²) in [7, 11) is 1.50. The van der Waals surface area contributed by atoms with Crippen molar-refractivity contribution in [2.24, 2.45) is 11.5 Å². The number of benzene rings is 1. The van der Waals surface area contributed by atoms with Crippen LogP contribution in [-0.2, 0) is 4.84 Å². The molecule has 0 saturated carbocycles. The van der Waals surface area contributed by atoms with E-state index in [4.69, 9.17) is 16.3 Å². The highest BCUT2D eigenvalue weighted by Crippen LogP contribution is 2.23. The van der Waals surface area contributed by atoms with Crippen LogP contribution in [0.15, 0.2) is 29.3 Å². The fourth-order valence-corrected chi connectivity index (χ4v) is 1.60. The van der Waals surface area contributed by atoms with Gasteiger partial charge < -0.3 is 16.8 Å². The third-order valence-electron chi connectivity index (χ3n) is 3.09. The first-order chi connectivity index (χ1) is 9.49. The molecule has 1 rings (SSSR count). The normalized spacial score (nSPS) is 11.8. The van der Waals surface area contributed by atoms with E-state index in [0.29, 0.717) is 24.3 Å². The summed E-state index contributed by atoms with van der Waals surface area (Å²) in [6.45, 7) is 5.23. The van der Waals surface area contributed by atoms with Crippen LogP contribution in [0.1, 0.15) is 24.2 Å². The minimum absolute atomic E-state index is 0.417. The van der Waals surface area contributed by atoms with E-state index in [1.165, 1.54) is 12.7 Å². The molecule has 6 heteroatoms. The van der Waals surface area contributed by atoms with E-state index in [1.54, 1.807) is 18.2 Å². The number of carbonyl (C=O) groups is 1. The molecule has 0 unspecified atom stereocenters. The molecular formula is C14H22N4O2. The zero-order chi connectivity index (χ0) is 15.1. The van der Waals surface area contributed by atoms with Crippen molar-refractivity contribution in [3.8, 4) is 0 Å². The van der Waals surface area contributed by atoms with E-state index < -0.39 is 5.91 Å². The second-order valence-electron chi connectivity index (χ2n) is 4.55. The molecule has 0 aliphatic carbocycles. The molecule has 0 radical (unpaired) electrons. The van der Waals surface area contributed by atoms with Gasteiger partial charge in [0.2, 0.25) is 5.91 Å². The monoisotopic (exact) mass is 278 g/mol. The molecule has 0 fully saturated rings. The zero-order valence-corrected chi connectivity index (χ0v) is 12.1. The van der Waals surface area contributed by atoms with Crippen molar-refractivity contribution in [1.82, 2.24) is 0 Å². The molecule has 0 aliphatic heterocycles. The van der Waals surface area contributed by atoms with Gasteiger partial charge in [0.1, 0.15) is 0 Å². The first-order valence-corrected chi connectivity index (χ1v) is 6.31. The molecule has 0 atom stereocenters. The van der Waals surface area contributed by atoms with Crippen LogP contribution in [0.3, 0.4) is 0 Å². The van der Waals surface area contributed by atoms with Crippen LogP contribution in [0.25, 0.3) is 0 Å². The maximum atomic E-state index is 11.2. The Balaban J connectivity index is 2.91. The number of hydrogen-bond donors (Lipinski definition) is 4. The zero-order valence-electron chi connectivity index (χ0n) is 12.1. The van der Waals surface area contributed by atoms with Gasteiger partial charge in [0.05, 0.1) is 18.5 Å². The molecule has 0 spiro atoms. The van der Waals surface area contributed by atoms with Crippen molar-refractivity contribution in [2.75, 3.05) is 31.0 Å². The van der Waals surface area contributed by atoms with Gasteiger partial charge in [0.15, 0.2) is 0 Å². The van der Waals surface area contributed by atoms with Crippen LogP contribution in [0.5, 0.6) is 0 Å². The van der Waals surface area contributed by atoms with Gasteiger partial charge in [-0.2, -0.15) is 0 Å². The minimum atomic E-state index is -0.481. The predicted octanol–water partition coefficient (Wildman–Crippen LogP) is 1.47. The predicted molar refractivity (Wildman–Crippen MR) is 81.5 cm³/mol. The number of amides is 1. The van der Waals surface area contributed by atoms with Crippen molar-refractivity contribution < 1.29 is 9.63 Å². The molecule has 6 nitrogen and oxygen atoms in total. The molecule has 1 aromatic rings. The number of carbonyl (C=O) groups excluding carboxylic acids is 1. The maximum Gasteiger partial charge on any atom is 0.248 e. The molecule has 1 aromatic carbocycles. The number of hydrogen-bond acceptors (Lipinski definition) is 5. The molecule has 0 aromatic heterocycles. The van der Waals surface area contributed by atoms with Crippen molar-refractivity contribution in [3.63, 3.8) is 0 Å². The average molecular weight is 278 g/mol. The third-order valence-corrected chi connectivity index (χ3v) is 3.09. The molecular weight excluding hydrogens is 256 g/mol. The van der Waals surface area contributed by atoms with Crippen LogP contribution in [0, 0.1) is 0 Å². The molecule has 110 valence electrons. The summed E-state index contributed by atoms with van der Waals surface area (Å²) >= 11 is 0. The van der Waals surface area contributed by atoms with E-state index in [1.807, 2.05) is 13.8 Å². The second-order valence-corrected chi connectivity index (χ2v) is 4.55. The fraction of sp³-hybridized carbons (Fsp3) is 0.357. The summed E-state index contributed by atoms with van der Waals surface area (Å²) < 4.78 is 0. The number of anilines is 2. The molecule has 0 aliphatic rings. The van der Waals surface area contributed by atoms with E-state index in [2.05, 4.69) is 10.8 Å². The van der Waals surface area contributed by atoms with Crippen LogP contribution in [0.4, 0.5) is 11.4 Å². The lowest BCUT2D eigenvalue weighted by atomic mass is 10.1. The van der Waals surface area contributed by atoms with Gasteiger partial charge in [-0.1, -0.05) is 11.1 Å². The van der Waals surface area contributed by atoms with E-state index in [-0.39, 0.29) is 0 Å². The maximum absolute atomic E-state index is 11.2. The Morgan fingerprint density at radius 2 is 1.95 bits per heavy atom. The summed E-state index contributed by atoms with van der Waals surface area (Å²) in [4.78, 5) is 16.1. The summed E-state index contributed by atoms with van der Waals surface area (Å²) in [6, 6.07) is 5.09. The van der Waals surface area contributed by atoms with E-state index in [9.17, 15) is 4.79 Å². The van der Waals surface area contributed by atoms with Gasteiger partial charge in [-0.25, -0.2) is 0 Å². The Morgan fingerprint density at radius 3 is 2.50 bits per heavy atom. The number of primary amides is 1. The van der Waals surface area contributed by atoms with Crippen LogP contribution < -0.4 is 22.3 Å². The highest BCUT2D eigenvalue weighted by molar-refractivity contribution is 5.95. The van der Waals surface area contributed by atoms with E-state index in [0.717, 1.165) is 11.3 Å². The number of rotatable bonds is 7.